The third-order valence-electron chi connectivity index (χ3n) is 4.55. The first kappa shape index (κ1) is 13.1. The minimum Gasteiger partial charge on any atom is -0.465 e. The fraction of sp³-hybridized carbons (Fsp3) is 0.500. The molecule has 1 aromatic rings. The summed E-state index contributed by atoms with van der Waals surface area (Å²) in [5.74, 6) is 0.112. The Morgan fingerprint density at radius 3 is 2.32 bits per heavy atom. The number of hydrogen-bond acceptors (Lipinski definition) is 1. The maximum atomic E-state index is 11.0. The molecule has 0 aromatic heterocycles. The van der Waals surface area contributed by atoms with E-state index in [9.17, 15) is 4.79 Å². The van der Waals surface area contributed by atoms with E-state index in [0.717, 1.165) is 18.4 Å². The number of likely N-dealkylation sites (tertiary alicyclic amines) is 1. The molecule has 0 unspecified atom stereocenters. The van der Waals surface area contributed by atoms with E-state index < -0.39 is 10.4 Å². The fourth-order valence-electron chi connectivity index (χ4n) is 3.40. The number of piperidine rings is 1. The van der Waals surface area contributed by atoms with Crippen LogP contribution in [0.4, 0.5) is 4.79 Å². The van der Waals surface area contributed by atoms with Gasteiger partial charge in [-0.15, -0.1) is 23.2 Å². The number of benzene rings is 1. The van der Waals surface area contributed by atoms with Gasteiger partial charge in [0.15, 0.2) is 0 Å². The van der Waals surface area contributed by atoms with Crippen molar-refractivity contribution in [2.24, 2.45) is 5.41 Å². The van der Waals surface area contributed by atoms with Crippen LogP contribution in [0.3, 0.4) is 0 Å². The highest BCUT2D eigenvalue weighted by molar-refractivity contribution is 6.52. The number of carboxylic acid groups (broad SMARTS) is 1. The van der Waals surface area contributed by atoms with Crippen molar-refractivity contribution in [1.29, 1.82) is 0 Å². The molecule has 19 heavy (non-hydrogen) atoms. The van der Waals surface area contributed by atoms with Crippen molar-refractivity contribution >= 4 is 29.3 Å². The summed E-state index contributed by atoms with van der Waals surface area (Å²) in [4.78, 5) is 12.4. The summed E-state index contributed by atoms with van der Waals surface area (Å²) in [6, 6.07) is 10.0. The largest absolute Gasteiger partial charge is 0.465 e. The van der Waals surface area contributed by atoms with E-state index in [1.807, 2.05) is 30.3 Å². The van der Waals surface area contributed by atoms with Gasteiger partial charge in [0.2, 0.25) is 0 Å². The summed E-state index contributed by atoms with van der Waals surface area (Å²) in [6.45, 7) is 1.03. The molecule has 1 saturated carbocycles. The molecule has 5 heteroatoms. The Labute approximate surface area is 122 Å². The predicted octanol–water partition coefficient (Wildman–Crippen LogP) is 3.72. The number of rotatable bonds is 1. The van der Waals surface area contributed by atoms with Crippen molar-refractivity contribution in [3.63, 3.8) is 0 Å². The Bertz CT molecular complexity index is 495. The standard InChI is InChI=1S/C14H15Cl2NO2/c15-14(16)11(10-4-2-1-3-5-10)13(14)6-8-17(9-7-13)12(18)19/h1-5,11H,6-9H2,(H,18,19)/t11-/m0/s1. The monoisotopic (exact) mass is 299 g/mol. The Hall–Kier alpha value is -0.930. The first-order valence-electron chi connectivity index (χ1n) is 6.40. The molecule has 1 saturated heterocycles. The third kappa shape index (κ3) is 1.83. The van der Waals surface area contributed by atoms with E-state index in [0.29, 0.717) is 13.1 Å². The van der Waals surface area contributed by atoms with Crippen LogP contribution in [0.5, 0.6) is 0 Å². The number of halogens is 2. The van der Waals surface area contributed by atoms with Crippen molar-refractivity contribution < 1.29 is 9.90 Å². The lowest BCUT2D eigenvalue weighted by Gasteiger charge is -2.31. The van der Waals surface area contributed by atoms with Crippen LogP contribution < -0.4 is 0 Å². The number of carbonyl (C=O) groups is 1. The topological polar surface area (TPSA) is 40.5 Å². The van der Waals surface area contributed by atoms with Gasteiger partial charge in [0.05, 0.1) is 0 Å². The van der Waals surface area contributed by atoms with Crippen LogP contribution in [0.1, 0.15) is 24.3 Å². The molecule has 0 radical (unpaired) electrons. The van der Waals surface area contributed by atoms with Crippen molar-refractivity contribution in [2.75, 3.05) is 13.1 Å². The Morgan fingerprint density at radius 2 is 1.79 bits per heavy atom. The second-order valence-electron chi connectivity index (χ2n) is 5.39. The van der Waals surface area contributed by atoms with Crippen LogP contribution in [0.25, 0.3) is 0 Å². The molecule has 1 atom stereocenters. The SMILES string of the molecule is O=C(O)N1CCC2(CC1)[C@H](c1ccccc1)C2(Cl)Cl. The first-order valence-corrected chi connectivity index (χ1v) is 7.15. The fourth-order valence-corrected chi connectivity index (χ4v) is 4.56. The minimum atomic E-state index is -0.860. The van der Waals surface area contributed by atoms with Gasteiger partial charge in [-0.2, -0.15) is 0 Å². The Morgan fingerprint density at radius 1 is 1.21 bits per heavy atom. The molecule has 1 N–H and O–H groups in total. The smallest absolute Gasteiger partial charge is 0.407 e. The van der Waals surface area contributed by atoms with E-state index in [1.165, 1.54) is 4.90 Å². The summed E-state index contributed by atoms with van der Waals surface area (Å²) in [7, 11) is 0. The molecule has 3 nitrogen and oxygen atoms in total. The van der Waals surface area contributed by atoms with Gasteiger partial charge in [-0.1, -0.05) is 30.3 Å². The molecule has 2 fully saturated rings. The normalized spacial score (nSPS) is 27.3. The summed E-state index contributed by atoms with van der Waals surface area (Å²) in [5, 5.41) is 9.00. The van der Waals surface area contributed by atoms with E-state index in [-0.39, 0.29) is 11.3 Å². The van der Waals surface area contributed by atoms with E-state index >= 15 is 0 Å². The lowest BCUT2D eigenvalue weighted by atomic mass is 9.89. The Kier molecular flexibility index (Phi) is 2.95. The molecular formula is C14H15Cl2NO2. The average Bonchev–Trinajstić information content (AvgIpc) is 2.86. The quantitative estimate of drug-likeness (QED) is 0.803. The average molecular weight is 300 g/mol. The maximum Gasteiger partial charge on any atom is 0.407 e. The lowest BCUT2D eigenvalue weighted by Crippen LogP contribution is -2.39. The summed E-state index contributed by atoms with van der Waals surface area (Å²) >= 11 is 13.0. The van der Waals surface area contributed by atoms with Gasteiger partial charge < -0.3 is 10.0 Å². The number of alkyl halides is 2. The van der Waals surface area contributed by atoms with Crippen molar-refractivity contribution in [3.05, 3.63) is 35.9 Å². The Balaban J connectivity index is 1.81. The lowest BCUT2D eigenvalue weighted by molar-refractivity contribution is 0.119. The molecule has 1 aromatic carbocycles. The zero-order valence-electron chi connectivity index (χ0n) is 10.4. The molecule has 102 valence electrons. The van der Waals surface area contributed by atoms with Crippen LogP contribution in [-0.2, 0) is 0 Å². The van der Waals surface area contributed by atoms with E-state index in [2.05, 4.69) is 0 Å². The summed E-state index contributed by atoms with van der Waals surface area (Å²) < 4.78 is -0.765. The number of hydrogen-bond donors (Lipinski definition) is 1. The second-order valence-corrected chi connectivity index (χ2v) is 6.78. The minimum absolute atomic E-state index is 0.112. The zero-order valence-corrected chi connectivity index (χ0v) is 11.9. The van der Waals surface area contributed by atoms with Crippen LogP contribution >= 0.6 is 23.2 Å². The van der Waals surface area contributed by atoms with Gasteiger partial charge in [-0.3, -0.25) is 0 Å². The maximum absolute atomic E-state index is 11.0. The highest BCUT2D eigenvalue weighted by atomic mass is 35.5. The molecular weight excluding hydrogens is 285 g/mol. The number of amides is 1. The molecule has 0 bridgehead atoms. The second kappa shape index (κ2) is 4.29. The van der Waals surface area contributed by atoms with Gasteiger partial charge in [-0.05, 0) is 18.4 Å². The molecule has 1 aliphatic heterocycles. The molecule has 3 rings (SSSR count). The van der Waals surface area contributed by atoms with Gasteiger partial charge in [0.25, 0.3) is 0 Å². The molecule has 2 aliphatic rings. The van der Waals surface area contributed by atoms with E-state index in [4.69, 9.17) is 28.3 Å². The first-order chi connectivity index (χ1) is 8.99. The van der Waals surface area contributed by atoms with Crippen molar-refractivity contribution in [2.45, 2.75) is 23.1 Å². The van der Waals surface area contributed by atoms with Gasteiger partial charge in [0.1, 0.15) is 4.33 Å². The zero-order chi connectivity index (χ0) is 13.7. The van der Waals surface area contributed by atoms with Crippen LogP contribution in [0.15, 0.2) is 30.3 Å². The third-order valence-corrected chi connectivity index (χ3v) is 5.74. The van der Waals surface area contributed by atoms with Crippen molar-refractivity contribution in [1.82, 2.24) is 4.90 Å². The highest BCUT2D eigenvalue weighted by Crippen LogP contribution is 2.77. The summed E-state index contributed by atoms with van der Waals surface area (Å²) in [5.41, 5.74) is 0.986. The van der Waals surface area contributed by atoms with E-state index in [1.54, 1.807) is 0 Å². The molecule has 1 spiro atoms. The predicted molar refractivity (Wildman–Crippen MR) is 74.9 cm³/mol. The van der Waals surface area contributed by atoms with Crippen LogP contribution in [0, 0.1) is 5.41 Å². The summed E-state index contributed by atoms with van der Waals surface area (Å²) in [6.07, 6.45) is 0.596. The highest BCUT2D eigenvalue weighted by Gasteiger charge is 2.75. The van der Waals surface area contributed by atoms with Crippen LogP contribution in [-0.4, -0.2) is 33.5 Å². The molecule has 1 amide bonds. The van der Waals surface area contributed by atoms with Gasteiger partial charge in [0, 0.05) is 24.4 Å². The van der Waals surface area contributed by atoms with Gasteiger partial charge >= 0.3 is 6.09 Å². The van der Waals surface area contributed by atoms with Gasteiger partial charge in [-0.25, -0.2) is 4.79 Å². The number of nitrogens with zero attached hydrogens (tertiary/aromatic N) is 1. The molecule has 1 heterocycles. The molecule has 1 aliphatic carbocycles. The van der Waals surface area contributed by atoms with Crippen LogP contribution in [0.2, 0.25) is 0 Å². The van der Waals surface area contributed by atoms with Crippen molar-refractivity contribution in [3.8, 4) is 0 Å².